The summed E-state index contributed by atoms with van der Waals surface area (Å²) in [7, 11) is 7.75. The van der Waals surface area contributed by atoms with E-state index in [4.69, 9.17) is 0 Å². The van der Waals surface area contributed by atoms with Crippen LogP contribution in [0.5, 0.6) is 0 Å². The van der Waals surface area contributed by atoms with E-state index in [0.29, 0.717) is 0 Å². The van der Waals surface area contributed by atoms with Crippen LogP contribution in [-0.2, 0) is 0 Å². The van der Waals surface area contributed by atoms with Gasteiger partial charge in [0.1, 0.15) is 6.17 Å². The lowest BCUT2D eigenvalue weighted by Crippen LogP contribution is -2.49. The first-order valence-electron chi connectivity index (χ1n) is 4.30. The smallest absolute Gasteiger partial charge is 0.204 e. The van der Waals surface area contributed by atoms with Crippen molar-refractivity contribution in [2.24, 2.45) is 9.98 Å². The van der Waals surface area contributed by atoms with Crippen LogP contribution in [0.1, 0.15) is 6.92 Å². The minimum absolute atomic E-state index is 0.00366. The third kappa shape index (κ3) is 1.91. The third-order valence-electron chi connectivity index (χ3n) is 1.85. The highest BCUT2D eigenvalue weighted by Gasteiger charge is 2.19. The molecule has 74 valence electrons. The molecular formula is C8H17N5. The van der Waals surface area contributed by atoms with Crippen LogP contribution >= 0.6 is 0 Å². The second-order valence-electron chi connectivity index (χ2n) is 3.22. The number of rotatable bonds is 0. The van der Waals surface area contributed by atoms with Crippen molar-refractivity contribution in [2.75, 3.05) is 28.2 Å². The highest BCUT2D eigenvalue weighted by atomic mass is 15.4. The van der Waals surface area contributed by atoms with Gasteiger partial charge in [0.25, 0.3) is 0 Å². The number of nitrogens with zero attached hydrogens (tertiary/aromatic N) is 4. The molecule has 1 aliphatic rings. The molecule has 1 atom stereocenters. The molecule has 1 rings (SSSR count). The lowest BCUT2D eigenvalue weighted by molar-refractivity contribution is 0.495. The molecule has 0 amide bonds. The highest BCUT2D eigenvalue weighted by Crippen LogP contribution is 2.05. The van der Waals surface area contributed by atoms with E-state index in [2.05, 4.69) is 15.3 Å². The summed E-state index contributed by atoms with van der Waals surface area (Å²) < 4.78 is 0. The topological polar surface area (TPSA) is 43.2 Å². The Labute approximate surface area is 79.1 Å². The largest absolute Gasteiger partial charge is 0.359 e. The monoisotopic (exact) mass is 183 g/mol. The Morgan fingerprint density at radius 3 is 2.46 bits per heavy atom. The molecule has 0 spiro atoms. The van der Waals surface area contributed by atoms with E-state index in [1.165, 1.54) is 0 Å². The van der Waals surface area contributed by atoms with Gasteiger partial charge in [-0.15, -0.1) is 0 Å². The second-order valence-corrected chi connectivity index (χ2v) is 3.22. The van der Waals surface area contributed by atoms with Gasteiger partial charge in [0.2, 0.25) is 11.9 Å². The van der Waals surface area contributed by atoms with Gasteiger partial charge in [-0.3, -0.25) is 4.90 Å². The molecule has 0 saturated heterocycles. The minimum Gasteiger partial charge on any atom is -0.359 e. The summed E-state index contributed by atoms with van der Waals surface area (Å²) in [6, 6.07) is 0. The molecule has 0 fully saturated rings. The Bertz CT molecular complexity index is 243. The van der Waals surface area contributed by atoms with E-state index in [-0.39, 0.29) is 6.17 Å². The average Bonchev–Trinajstić information content (AvgIpc) is 2.08. The van der Waals surface area contributed by atoms with Crippen LogP contribution in [0.3, 0.4) is 0 Å². The number of guanidine groups is 2. The van der Waals surface area contributed by atoms with Gasteiger partial charge < -0.3 is 10.2 Å². The van der Waals surface area contributed by atoms with Crippen LogP contribution < -0.4 is 5.32 Å². The molecule has 0 unspecified atom stereocenters. The fourth-order valence-electron chi connectivity index (χ4n) is 1.29. The van der Waals surface area contributed by atoms with Crippen LogP contribution in [0.4, 0.5) is 0 Å². The number of hydrogen-bond acceptors (Lipinski definition) is 5. The molecule has 0 aromatic heterocycles. The van der Waals surface area contributed by atoms with Gasteiger partial charge in [-0.05, 0) is 6.92 Å². The molecule has 0 aliphatic carbocycles. The van der Waals surface area contributed by atoms with Gasteiger partial charge in [-0.2, -0.15) is 0 Å². The molecule has 0 radical (unpaired) electrons. The third-order valence-corrected chi connectivity index (χ3v) is 1.85. The fraction of sp³-hybridized carbons (Fsp3) is 0.750. The van der Waals surface area contributed by atoms with E-state index in [1.807, 2.05) is 44.9 Å². The summed E-state index contributed by atoms with van der Waals surface area (Å²) in [5, 5.41) is 3.04. The molecule has 1 N–H and O–H groups in total. The van der Waals surface area contributed by atoms with E-state index in [0.717, 1.165) is 11.9 Å². The second kappa shape index (κ2) is 3.64. The standard InChI is InChI=1S/C8H17N5/c1-6-10-7(9-2)13(5)8(11-6)12(3)4/h6H,1-5H3,(H,9,10)/t6-/m0/s1. The van der Waals surface area contributed by atoms with Crippen LogP contribution in [0, 0.1) is 0 Å². The molecule has 0 bridgehead atoms. The maximum atomic E-state index is 4.40. The Balaban J connectivity index is 2.88. The van der Waals surface area contributed by atoms with Gasteiger partial charge in [0, 0.05) is 28.2 Å². The molecule has 0 aromatic carbocycles. The van der Waals surface area contributed by atoms with Crippen LogP contribution in [0.15, 0.2) is 9.98 Å². The van der Waals surface area contributed by atoms with Crippen molar-refractivity contribution < 1.29 is 0 Å². The Morgan fingerprint density at radius 1 is 1.38 bits per heavy atom. The van der Waals surface area contributed by atoms with Crippen LogP contribution in [-0.4, -0.2) is 56.1 Å². The summed E-state index contributed by atoms with van der Waals surface area (Å²) in [5.74, 6) is 1.78. The molecule has 5 heteroatoms. The molecule has 13 heavy (non-hydrogen) atoms. The van der Waals surface area contributed by atoms with Crippen LogP contribution in [0.2, 0.25) is 0 Å². The number of aliphatic imine (C=N–C) groups is 2. The van der Waals surface area contributed by atoms with E-state index >= 15 is 0 Å². The first-order valence-corrected chi connectivity index (χ1v) is 4.30. The van der Waals surface area contributed by atoms with E-state index in [1.54, 1.807) is 0 Å². The van der Waals surface area contributed by atoms with Crippen LogP contribution in [0.25, 0.3) is 0 Å². The number of nitrogens with one attached hydrogen (secondary N) is 1. The Morgan fingerprint density at radius 2 is 2.00 bits per heavy atom. The lowest BCUT2D eigenvalue weighted by atomic mass is 10.5. The summed E-state index contributed by atoms with van der Waals surface area (Å²) in [5.41, 5.74) is 0. The molecule has 1 heterocycles. The van der Waals surface area contributed by atoms with Gasteiger partial charge >= 0.3 is 0 Å². The minimum atomic E-state index is -0.00366. The van der Waals surface area contributed by atoms with Gasteiger partial charge in [0.15, 0.2) is 0 Å². The average molecular weight is 183 g/mol. The summed E-state index contributed by atoms with van der Waals surface area (Å²) in [6.45, 7) is 1.97. The molecule has 1 aliphatic heterocycles. The van der Waals surface area contributed by atoms with Crippen molar-refractivity contribution in [3.8, 4) is 0 Å². The maximum Gasteiger partial charge on any atom is 0.204 e. The van der Waals surface area contributed by atoms with Crippen molar-refractivity contribution in [1.82, 2.24) is 15.1 Å². The van der Waals surface area contributed by atoms with Crippen molar-refractivity contribution in [3.63, 3.8) is 0 Å². The van der Waals surface area contributed by atoms with Crippen molar-refractivity contribution in [3.05, 3.63) is 0 Å². The highest BCUT2D eigenvalue weighted by molar-refractivity contribution is 5.99. The van der Waals surface area contributed by atoms with Gasteiger partial charge in [0.05, 0.1) is 0 Å². The first-order chi connectivity index (χ1) is 6.06. The van der Waals surface area contributed by atoms with Crippen molar-refractivity contribution >= 4 is 11.9 Å². The first kappa shape index (κ1) is 9.83. The summed E-state index contributed by atoms with van der Waals surface area (Å²) in [6.07, 6.45) is -0.00366. The zero-order chi connectivity index (χ0) is 10.0. The van der Waals surface area contributed by atoms with Crippen molar-refractivity contribution in [1.29, 1.82) is 0 Å². The Kier molecular flexibility index (Phi) is 2.75. The van der Waals surface area contributed by atoms with Gasteiger partial charge in [-0.25, -0.2) is 9.98 Å². The van der Waals surface area contributed by atoms with Gasteiger partial charge in [-0.1, -0.05) is 0 Å². The molecule has 0 aromatic rings. The molecule has 0 saturated carbocycles. The van der Waals surface area contributed by atoms with E-state index in [9.17, 15) is 0 Å². The molecule has 5 nitrogen and oxygen atoms in total. The normalized spacial score (nSPS) is 22.2. The fourth-order valence-corrected chi connectivity index (χ4v) is 1.29. The zero-order valence-electron chi connectivity index (χ0n) is 8.87. The Hall–Kier alpha value is -1.26. The number of hydrogen-bond donors (Lipinski definition) is 1. The lowest BCUT2D eigenvalue weighted by Gasteiger charge is -2.31. The predicted molar refractivity (Wildman–Crippen MR) is 54.8 cm³/mol. The van der Waals surface area contributed by atoms with E-state index < -0.39 is 0 Å². The maximum absolute atomic E-state index is 4.40. The SMILES string of the molecule is CNC1=N[C@H](C)N=C(N(C)C)N1C. The summed E-state index contributed by atoms with van der Waals surface area (Å²) >= 11 is 0. The summed E-state index contributed by atoms with van der Waals surface area (Å²) in [4.78, 5) is 12.6. The van der Waals surface area contributed by atoms with Crippen molar-refractivity contribution in [2.45, 2.75) is 13.1 Å². The zero-order valence-corrected chi connectivity index (χ0v) is 8.87. The predicted octanol–water partition coefficient (Wildman–Crippen LogP) is -0.229. The quantitative estimate of drug-likeness (QED) is 0.564. The molecular weight excluding hydrogens is 166 g/mol.